The molecule has 0 aliphatic heterocycles. The quantitative estimate of drug-likeness (QED) is 0.461. The van der Waals surface area contributed by atoms with Gasteiger partial charge in [0, 0.05) is 12.6 Å². The summed E-state index contributed by atoms with van der Waals surface area (Å²) in [6.45, 7) is 2.23. The molecule has 7 heteroatoms. The number of carbonyl (C=O) groups is 2. The Labute approximate surface area is 192 Å². The number of para-hydroxylation sites is 1. The lowest BCUT2D eigenvalue weighted by atomic mass is 10.2. The van der Waals surface area contributed by atoms with Gasteiger partial charge in [0.25, 0.3) is 5.91 Å². The molecule has 6 nitrogen and oxygen atoms in total. The van der Waals surface area contributed by atoms with Gasteiger partial charge in [-0.25, -0.2) is 4.39 Å². The summed E-state index contributed by atoms with van der Waals surface area (Å²) in [4.78, 5) is 29.4. The van der Waals surface area contributed by atoms with Crippen LogP contribution >= 0.6 is 0 Å². The van der Waals surface area contributed by atoms with Crippen LogP contribution in [0.2, 0.25) is 0 Å². The Kier molecular flexibility index (Phi) is 7.07. The minimum atomic E-state index is -0.331. The Morgan fingerprint density at radius 3 is 2.33 bits per heavy atom. The monoisotopic (exact) mass is 450 g/mol. The van der Waals surface area contributed by atoms with Crippen LogP contribution in [0.3, 0.4) is 0 Å². The molecule has 1 aliphatic carbocycles. The summed E-state index contributed by atoms with van der Waals surface area (Å²) in [5.74, 6) is 1.27. The number of ether oxygens (including phenoxy) is 1. The van der Waals surface area contributed by atoms with Crippen LogP contribution in [0.5, 0.6) is 5.75 Å². The molecular weight excluding hydrogens is 423 g/mol. The summed E-state index contributed by atoms with van der Waals surface area (Å²) in [6.07, 6.45) is 1.75. The van der Waals surface area contributed by atoms with E-state index in [0.717, 1.165) is 24.2 Å². The van der Waals surface area contributed by atoms with E-state index < -0.39 is 0 Å². The van der Waals surface area contributed by atoms with Crippen LogP contribution in [0.4, 0.5) is 4.39 Å². The molecule has 0 radical (unpaired) electrons. The van der Waals surface area contributed by atoms with E-state index in [-0.39, 0.29) is 49.9 Å². The minimum Gasteiger partial charge on any atom is -0.484 e. The maximum Gasteiger partial charge on any atom is 0.261 e. The van der Waals surface area contributed by atoms with Gasteiger partial charge in [0.2, 0.25) is 5.91 Å². The SMILES string of the molecule is Cc1ccc(CN(Cc2ccc(F)cc2)C(=O)CN(C(=O)COc2ccccc2)C2CC2)o1. The Bertz CT molecular complexity index is 1080. The largest absolute Gasteiger partial charge is 0.484 e. The van der Waals surface area contributed by atoms with Gasteiger partial charge in [-0.15, -0.1) is 0 Å². The van der Waals surface area contributed by atoms with Crippen molar-refractivity contribution in [3.05, 3.63) is 89.6 Å². The third kappa shape index (κ3) is 6.44. The first-order valence-corrected chi connectivity index (χ1v) is 11.0. The van der Waals surface area contributed by atoms with Gasteiger partial charge in [-0.3, -0.25) is 9.59 Å². The third-order valence-electron chi connectivity index (χ3n) is 5.50. The van der Waals surface area contributed by atoms with Gasteiger partial charge in [-0.2, -0.15) is 0 Å². The van der Waals surface area contributed by atoms with Crippen molar-refractivity contribution in [2.45, 2.75) is 38.9 Å². The van der Waals surface area contributed by atoms with Gasteiger partial charge < -0.3 is 19.0 Å². The molecule has 1 heterocycles. The van der Waals surface area contributed by atoms with E-state index in [1.54, 1.807) is 34.1 Å². The molecule has 0 spiro atoms. The van der Waals surface area contributed by atoms with E-state index in [9.17, 15) is 14.0 Å². The smallest absolute Gasteiger partial charge is 0.261 e. The highest BCUT2D eigenvalue weighted by Crippen LogP contribution is 2.27. The summed E-state index contributed by atoms with van der Waals surface area (Å²) in [5.41, 5.74) is 0.796. The standard InChI is InChI=1S/C26H27FN2O4/c1-19-7-14-24(33-19)16-28(15-20-8-10-21(27)11-9-20)25(30)17-29(22-12-13-22)26(31)18-32-23-5-3-2-4-6-23/h2-11,14,22H,12-13,15-18H2,1H3. The molecule has 2 aromatic carbocycles. The highest BCUT2D eigenvalue weighted by molar-refractivity contribution is 5.86. The summed E-state index contributed by atoms with van der Waals surface area (Å²) in [6, 6.07) is 18.9. The molecule has 1 saturated carbocycles. The first-order chi connectivity index (χ1) is 16.0. The molecule has 1 aromatic heterocycles. The number of rotatable bonds is 10. The lowest BCUT2D eigenvalue weighted by Crippen LogP contribution is -2.45. The van der Waals surface area contributed by atoms with Crippen molar-refractivity contribution in [2.24, 2.45) is 0 Å². The van der Waals surface area contributed by atoms with Crippen molar-refractivity contribution in [1.29, 1.82) is 0 Å². The summed E-state index contributed by atoms with van der Waals surface area (Å²) in [5, 5.41) is 0. The second-order valence-corrected chi connectivity index (χ2v) is 8.24. The second kappa shape index (κ2) is 10.3. The number of aryl methyl sites for hydroxylation is 1. The lowest BCUT2D eigenvalue weighted by Gasteiger charge is -2.27. The molecule has 33 heavy (non-hydrogen) atoms. The number of benzene rings is 2. The predicted molar refractivity (Wildman–Crippen MR) is 121 cm³/mol. The molecule has 1 aliphatic rings. The van der Waals surface area contributed by atoms with Gasteiger partial charge in [0.05, 0.1) is 6.54 Å². The van der Waals surface area contributed by atoms with Crippen molar-refractivity contribution in [1.82, 2.24) is 9.80 Å². The van der Waals surface area contributed by atoms with Crippen LogP contribution in [-0.2, 0) is 22.7 Å². The van der Waals surface area contributed by atoms with Crippen LogP contribution in [0.25, 0.3) is 0 Å². The van der Waals surface area contributed by atoms with E-state index in [0.29, 0.717) is 11.5 Å². The van der Waals surface area contributed by atoms with Crippen LogP contribution in [0, 0.1) is 12.7 Å². The lowest BCUT2D eigenvalue weighted by molar-refractivity contribution is -0.143. The minimum absolute atomic E-state index is 0.0392. The number of amides is 2. The van der Waals surface area contributed by atoms with E-state index in [2.05, 4.69) is 0 Å². The van der Waals surface area contributed by atoms with Crippen molar-refractivity contribution < 1.29 is 23.1 Å². The van der Waals surface area contributed by atoms with E-state index in [1.165, 1.54) is 12.1 Å². The fourth-order valence-corrected chi connectivity index (χ4v) is 3.60. The fourth-order valence-electron chi connectivity index (χ4n) is 3.60. The number of hydrogen-bond donors (Lipinski definition) is 0. The summed E-state index contributed by atoms with van der Waals surface area (Å²) >= 11 is 0. The molecule has 3 aromatic rings. The second-order valence-electron chi connectivity index (χ2n) is 8.24. The topological polar surface area (TPSA) is 63.0 Å². The normalized spacial score (nSPS) is 12.9. The molecule has 0 bridgehead atoms. The van der Waals surface area contributed by atoms with Crippen molar-refractivity contribution in [2.75, 3.05) is 13.2 Å². The zero-order valence-corrected chi connectivity index (χ0v) is 18.6. The highest BCUT2D eigenvalue weighted by Gasteiger charge is 2.35. The molecule has 4 rings (SSSR count). The Hall–Kier alpha value is -3.61. The number of carbonyl (C=O) groups excluding carboxylic acids is 2. The molecule has 0 atom stereocenters. The Balaban J connectivity index is 1.44. The van der Waals surface area contributed by atoms with Crippen molar-refractivity contribution in [3.63, 3.8) is 0 Å². The fraction of sp³-hybridized carbons (Fsp3) is 0.308. The van der Waals surface area contributed by atoms with E-state index in [4.69, 9.17) is 9.15 Å². The van der Waals surface area contributed by atoms with Crippen LogP contribution in [0.15, 0.2) is 71.1 Å². The molecule has 172 valence electrons. The van der Waals surface area contributed by atoms with Crippen LogP contribution < -0.4 is 4.74 Å². The third-order valence-corrected chi connectivity index (χ3v) is 5.50. The summed E-state index contributed by atoms with van der Waals surface area (Å²) in [7, 11) is 0. The number of nitrogens with zero attached hydrogens (tertiary/aromatic N) is 2. The summed E-state index contributed by atoms with van der Waals surface area (Å²) < 4.78 is 24.6. The zero-order valence-electron chi connectivity index (χ0n) is 18.6. The van der Waals surface area contributed by atoms with Gasteiger partial charge in [-0.1, -0.05) is 30.3 Å². The first-order valence-electron chi connectivity index (χ1n) is 11.0. The molecule has 0 N–H and O–H groups in total. The first kappa shape index (κ1) is 22.6. The van der Waals surface area contributed by atoms with Gasteiger partial charge in [0.1, 0.15) is 29.6 Å². The predicted octanol–water partition coefficient (Wildman–Crippen LogP) is 4.33. The maximum atomic E-state index is 13.3. The molecule has 2 amide bonds. The maximum absolute atomic E-state index is 13.3. The molecular formula is C26H27FN2O4. The average molecular weight is 451 g/mol. The van der Waals surface area contributed by atoms with Crippen LogP contribution in [-0.4, -0.2) is 40.8 Å². The Morgan fingerprint density at radius 1 is 0.970 bits per heavy atom. The molecule has 0 unspecified atom stereocenters. The Morgan fingerprint density at radius 2 is 1.70 bits per heavy atom. The molecule has 1 fully saturated rings. The van der Waals surface area contributed by atoms with Crippen LogP contribution in [0.1, 0.15) is 29.9 Å². The average Bonchev–Trinajstić information content (AvgIpc) is 3.58. The number of hydrogen-bond acceptors (Lipinski definition) is 4. The van der Waals surface area contributed by atoms with Gasteiger partial charge in [0.15, 0.2) is 6.61 Å². The number of furan rings is 1. The van der Waals surface area contributed by atoms with E-state index in [1.807, 2.05) is 37.3 Å². The van der Waals surface area contributed by atoms with E-state index >= 15 is 0 Å². The highest BCUT2D eigenvalue weighted by atomic mass is 19.1. The zero-order chi connectivity index (χ0) is 23.2. The van der Waals surface area contributed by atoms with Crippen molar-refractivity contribution in [3.8, 4) is 5.75 Å². The number of halogens is 1. The van der Waals surface area contributed by atoms with Gasteiger partial charge >= 0.3 is 0 Å². The molecule has 0 saturated heterocycles. The van der Waals surface area contributed by atoms with Crippen molar-refractivity contribution >= 4 is 11.8 Å². The van der Waals surface area contributed by atoms with Gasteiger partial charge in [-0.05, 0) is 61.7 Å².